The molecule has 3 heteroatoms. The SMILES string of the molecule is CC(=O)Nc1ccc(C(=O)C2CC3CC3C2)cc1. The second-order valence-electron chi connectivity index (χ2n) is 5.55. The highest BCUT2D eigenvalue weighted by Gasteiger charge is 2.47. The lowest BCUT2D eigenvalue weighted by Crippen LogP contribution is -2.13. The fraction of sp³-hybridized carbons (Fsp3) is 0.467. The predicted octanol–water partition coefficient (Wildman–Crippen LogP) is 2.87. The molecule has 18 heavy (non-hydrogen) atoms. The monoisotopic (exact) mass is 243 g/mol. The van der Waals surface area contributed by atoms with Gasteiger partial charge in [-0.3, -0.25) is 9.59 Å². The second-order valence-corrected chi connectivity index (χ2v) is 5.55. The lowest BCUT2D eigenvalue weighted by atomic mass is 9.93. The summed E-state index contributed by atoms with van der Waals surface area (Å²) in [7, 11) is 0. The molecule has 3 rings (SSSR count). The average Bonchev–Trinajstić information content (AvgIpc) is 2.95. The summed E-state index contributed by atoms with van der Waals surface area (Å²) >= 11 is 0. The number of carbonyl (C=O) groups is 2. The van der Waals surface area contributed by atoms with Crippen molar-refractivity contribution < 1.29 is 9.59 Å². The Hall–Kier alpha value is -1.64. The summed E-state index contributed by atoms with van der Waals surface area (Å²) in [6.45, 7) is 1.48. The minimum absolute atomic E-state index is 0.0926. The summed E-state index contributed by atoms with van der Waals surface area (Å²) < 4.78 is 0. The molecular weight excluding hydrogens is 226 g/mol. The van der Waals surface area contributed by atoms with E-state index in [1.165, 1.54) is 13.3 Å². The van der Waals surface area contributed by atoms with Gasteiger partial charge in [-0.1, -0.05) is 0 Å². The Labute approximate surface area is 107 Å². The van der Waals surface area contributed by atoms with Crippen LogP contribution in [0.1, 0.15) is 36.5 Å². The molecule has 2 fully saturated rings. The van der Waals surface area contributed by atoms with Gasteiger partial charge in [0.25, 0.3) is 0 Å². The van der Waals surface area contributed by atoms with Crippen molar-refractivity contribution in [2.45, 2.75) is 26.2 Å². The number of nitrogens with one attached hydrogen (secondary N) is 1. The molecule has 1 amide bonds. The lowest BCUT2D eigenvalue weighted by Gasteiger charge is -2.11. The van der Waals surface area contributed by atoms with E-state index in [-0.39, 0.29) is 17.6 Å². The van der Waals surface area contributed by atoms with Crippen molar-refractivity contribution in [3.05, 3.63) is 29.8 Å². The van der Waals surface area contributed by atoms with Crippen LogP contribution in [0.3, 0.4) is 0 Å². The van der Waals surface area contributed by atoms with E-state index in [9.17, 15) is 9.59 Å². The van der Waals surface area contributed by atoms with E-state index < -0.39 is 0 Å². The zero-order valence-electron chi connectivity index (χ0n) is 10.5. The number of Topliss-reactive ketones (excluding diaryl/α,β-unsaturated/α-hetero) is 1. The van der Waals surface area contributed by atoms with Crippen LogP contribution in [0, 0.1) is 17.8 Å². The molecule has 2 atom stereocenters. The fourth-order valence-corrected chi connectivity index (χ4v) is 3.09. The van der Waals surface area contributed by atoms with Crippen molar-refractivity contribution >= 4 is 17.4 Å². The quantitative estimate of drug-likeness (QED) is 0.830. The summed E-state index contributed by atoms with van der Waals surface area (Å²) in [4.78, 5) is 23.2. The predicted molar refractivity (Wildman–Crippen MR) is 69.4 cm³/mol. The van der Waals surface area contributed by atoms with Crippen LogP contribution in [-0.4, -0.2) is 11.7 Å². The molecule has 1 N–H and O–H groups in total. The van der Waals surface area contributed by atoms with Gasteiger partial charge in [0.2, 0.25) is 5.91 Å². The molecule has 0 saturated heterocycles. The molecule has 3 nitrogen and oxygen atoms in total. The Morgan fingerprint density at radius 1 is 1.06 bits per heavy atom. The number of amides is 1. The first-order valence-corrected chi connectivity index (χ1v) is 6.55. The Bertz CT molecular complexity index is 482. The van der Waals surface area contributed by atoms with Crippen molar-refractivity contribution in [1.29, 1.82) is 0 Å². The average molecular weight is 243 g/mol. The molecular formula is C15H17NO2. The van der Waals surface area contributed by atoms with Gasteiger partial charge in [-0.25, -0.2) is 0 Å². The van der Waals surface area contributed by atoms with Crippen molar-refractivity contribution in [3.63, 3.8) is 0 Å². The van der Waals surface area contributed by atoms with E-state index >= 15 is 0 Å². The molecule has 0 bridgehead atoms. The van der Waals surface area contributed by atoms with Crippen molar-refractivity contribution in [2.75, 3.05) is 5.32 Å². The number of carbonyl (C=O) groups excluding carboxylic acids is 2. The van der Waals surface area contributed by atoms with Gasteiger partial charge in [-0.2, -0.15) is 0 Å². The summed E-state index contributed by atoms with van der Waals surface area (Å²) in [5.74, 6) is 2.08. The summed E-state index contributed by atoms with van der Waals surface area (Å²) in [5.41, 5.74) is 1.52. The third-order valence-electron chi connectivity index (χ3n) is 4.10. The van der Waals surface area contributed by atoms with Crippen LogP contribution in [0.25, 0.3) is 0 Å². The molecule has 2 unspecified atom stereocenters. The number of anilines is 1. The topological polar surface area (TPSA) is 46.2 Å². The van der Waals surface area contributed by atoms with Gasteiger partial charge in [0.05, 0.1) is 0 Å². The Morgan fingerprint density at radius 2 is 1.67 bits per heavy atom. The largest absolute Gasteiger partial charge is 0.326 e. The van der Waals surface area contributed by atoms with Gasteiger partial charge < -0.3 is 5.32 Å². The van der Waals surface area contributed by atoms with Gasteiger partial charge in [0, 0.05) is 24.1 Å². The first-order valence-electron chi connectivity index (χ1n) is 6.55. The van der Waals surface area contributed by atoms with Crippen LogP contribution in [0.15, 0.2) is 24.3 Å². The molecule has 0 heterocycles. The van der Waals surface area contributed by atoms with E-state index in [2.05, 4.69) is 5.32 Å². The van der Waals surface area contributed by atoms with Crippen molar-refractivity contribution in [3.8, 4) is 0 Å². The highest BCUT2D eigenvalue weighted by Crippen LogP contribution is 2.54. The zero-order valence-corrected chi connectivity index (χ0v) is 10.5. The molecule has 94 valence electrons. The molecule has 1 aromatic carbocycles. The van der Waals surface area contributed by atoms with Crippen LogP contribution in [0.5, 0.6) is 0 Å². The van der Waals surface area contributed by atoms with Gasteiger partial charge >= 0.3 is 0 Å². The minimum Gasteiger partial charge on any atom is -0.326 e. The molecule has 2 aliphatic rings. The number of rotatable bonds is 3. The van der Waals surface area contributed by atoms with Crippen LogP contribution >= 0.6 is 0 Å². The van der Waals surface area contributed by atoms with Gasteiger partial charge in [-0.05, 0) is 55.4 Å². The van der Waals surface area contributed by atoms with Crippen LogP contribution in [-0.2, 0) is 4.79 Å². The molecule has 0 radical (unpaired) electrons. The van der Waals surface area contributed by atoms with Crippen molar-refractivity contribution in [1.82, 2.24) is 0 Å². The summed E-state index contributed by atoms with van der Waals surface area (Å²) in [5, 5.41) is 2.70. The molecule has 2 aliphatic carbocycles. The lowest BCUT2D eigenvalue weighted by molar-refractivity contribution is -0.114. The van der Waals surface area contributed by atoms with E-state index in [0.29, 0.717) is 0 Å². The highest BCUT2D eigenvalue weighted by molar-refractivity contribution is 5.99. The van der Waals surface area contributed by atoms with Crippen LogP contribution in [0.4, 0.5) is 5.69 Å². The van der Waals surface area contributed by atoms with Gasteiger partial charge in [-0.15, -0.1) is 0 Å². The summed E-state index contributed by atoms with van der Waals surface area (Å²) in [6, 6.07) is 7.23. The molecule has 0 spiro atoms. The molecule has 0 aliphatic heterocycles. The zero-order chi connectivity index (χ0) is 12.7. The number of benzene rings is 1. The van der Waals surface area contributed by atoms with Crippen LogP contribution < -0.4 is 5.32 Å². The highest BCUT2D eigenvalue weighted by atomic mass is 16.1. The normalized spacial score (nSPS) is 28.6. The van der Waals surface area contributed by atoms with Crippen molar-refractivity contribution in [2.24, 2.45) is 17.8 Å². The molecule has 1 aromatic rings. The number of hydrogen-bond donors (Lipinski definition) is 1. The third kappa shape index (κ3) is 2.17. The Balaban J connectivity index is 1.68. The summed E-state index contributed by atoms with van der Waals surface area (Å²) in [6.07, 6.45) is 3.50. The van der Waals surface area contributed by atoms with E-state index in [0.717, 1.165) is 35.9 Å². The number of ketones is 1. The van der Waals surface area contributed by atoms with E-state index in [4.69, 9.17) is 0 Å². The van der Waals surface area contributed by atoms with E-state index in [1.807, 2.05) is 12.1 Å². The molecule has 2 saturated carbocycles. The maximum Gasteiger partial charge on any atom is 0.221 e. The number of hydrogen-bond acceptors (Lipinski definition) is 2. The Kier molecular flexibility index (Phi) is 2.69. The number of fused-ring (bicyclic) bond motifs is 1. The molecule has 0 aromatic heterocycles. The minimum atomic E-state index is -0.0926. The van der Waals surface area contributed by atoms with Gasteiger partial charge in [0.1, 0.15) is 0 Å². The maximum absolute atomic E-state index is 12.3. The first-order chi connectivity index (χ1) is 8.63. The van der Waals surface area contributed by atoms with E-state index in [1.54, 1.807) is 12.1 Å². The fourth-order valence-electron chi connectivity index (χ4n) is 3.09. The smallest absolute Gasteiger partial charge is 0.221 e. The Morgan fingerprint density at radius 3 is 2.22 bits per heavy atom. The van der Waals surface area contributed by atoms with Crippen LogP contribution in [0.2, 0.25) is 0 Å². The standard InChI is InChI=1S/C15H17NO2/c1-9(17)16-14-4-2-10(3-5-14)15(18)13-7-11-6-12(11)8-13/h2-5,11-13H,6-8H2,1H3,(H,16,17). The van der Waals surface area contributed by atoms with Gasteiger partial charge in [0.15, 0.2) is 5.78 Å². The third-order valence-corrected chi connectivity index (χ3v) is 4.10. The maximum atomic E-state index is 12.3. The first kappa shape index (κ1) is 11.5. The second kappa shape index (κ2) is 4.23.